The van der Waals surface area contributed by atoms with Crippen LogP contribution < -0.4 is 15.5 Å². The Kier molecular flexibility index (Phi) is 3.33. The van der Waals surface area contributed by atoms with Gasteiger partial charge < -0.3 is 15.5 Å². The van der Waals surface area contributed by atoms with Gasteiger partial charge in [-0.3, -0.25) is 9.47 Å². The van der Waals surface area contributed by atoms with E-state index in [9.17, 15) is 4.79 Å². The summed E-state index contributed by atoms with van der Waals surface area (Å²) in [7, 11) is 0. The van der Waals surface area contributed by atoms with Crippen LogP contribution in [0, 0.1) is 13.8 Å². The molecule has 0 saturated heterocycles. The lowest BCUT2D eigenvalue weighted by Gasteiger charge is -2.23. The normalized spacial score (nSPS) is 14.9. The number of aromatic nitrogens is 1. The summed E-state index contributed by atoms with van der Waals surface area (Å²) in [6, 6.07) is 10.1. The average Bonchev–Trinajstić information content (AvgIpc) is 2.78. The fraction of sp³-hybridized carbons (Fsp3) is 0.312. The van der Waals surface area contributed by atoms with E-state index in [1.54, 1.807) is 0 Å². The molecule has 0 aliphatic carbocycles. The van der Waals surface area contributed by atoms with Crippen molar-refractivity contribution in [1.29, 1.82) is 0 Å². The maximum Gasteiger partial charge on any atom is 0.262 e. The molecular weight excluding hydrogens is 266 g/mol. The maximum absolute atomic E-state index is 11.4. The van der Waals surface area contributed by atoms with E-state index in [2.05, 4.69) is 48.3 Å². The molecule has 0 fully saturated rings. The van der Waals surface area contributed by atoms with Crippen LogP contribution in [-0.2, 0) is 4.79 Å². The minimum atomic E-state index is -0.114. The largest absolute Gasteiger partial charge is 0.482 e. The quantitative estimate of drug-likeness (QED) is 0.911. The zero-order valence-corrected chi connectivity index (χ0v) is 12.4. The summed E-state index contributed by atoms with van der Waals surface area (Å²) in [6.45, 7) is 6.30. The van der Waals surface area contributed by atoms with Crippen molar-refractivity contribution in [2.45, 2.75) is 26.8 Å². The van der Waals surface area contributed by atoms with Crippen LogP contribution in [-0.4, -0.2) is 17.2 Å². The third-order valence-corrected chi connectivity index (χ3v) is 3.73. The number of carbonyl (C=O) groups is 1. The Morgan fingerprint density at radius 1 is 1.24 bits per heavy atom. The highest BCUT2D eigenvalue weighted by atomic mass is 16.5. The number of benzene rings is 1. The van der Waals surface area contributed by atoms with Gasteiger partial charge in [-0.1, -0.05) is 6.07 Å². The van der Waals surface area contributed by atoms with E-state index >= 15 is 0 Å². The van der Waals surface area contributed by atoms with E-state index in [0.29, 0.717) is 0 Å². The lowest BCUT2D eigenvalue weighted by Crippen LogP contribution is -2.26. The van der Waals surface area contributed by atoms with E-state index in [1.807, 2.05) is 18.2 Å². The van der Waals surface area contributed by atoms with Gasteiger partial charge in [-0.15, -0.1) is 0 Å². The zero-order valence-electron chi connectivity index (χ0n) is 12.4. The molecule has 0 spiro atoms. The van der Waals surface area contributed by atoms with Crippen LogP contribution in [0.3, 0.4) is 0 Å². The van der Waals surface area contributed by atoms with Gasteiger partial charge in [-0.25, -0.2) is 0 Å². The minimum absolute atomic E-state index is 0.0852. The smallest absolute Gasteiger partial charge is 0.262 e. The second kappa shape index (κ2) is 5.16. The molecule has 1 amide bonds. The molecule has 0 saturated carbocycles. The number of rotatable bonds is 3. The molecule has 1 aliphatic rings. The van der Waals surface area contributed by atoms with Crippen LogP contribution in [0.5, 0.6) is 5.75 Å². The molecule has 2 N–H and O–H groups in total. The summed E-state index contributed by atoms with van der Waals surface area (Å²) in [5, 5.41) is 2.84. The van der Waals surface area contributed by atoms with E-state index in [1.165, 1.54) is 0 Å². The van der Waals surface area contributed by atoms with Crippen LogP contribution in [0.2, 0.25) is 0 Å². The first-order chi connectivity index (χ1) is 10.0. The summed E-state index contributed by atoms with van der Waals surface area (Å²) < 4.78 is 7.45. The molecule has 0 radical (unpaired) electrons. The molecule has 2 aromatic rings. The third-order valence-electron chi connectivity index (χ3n) is 3.73. The molecule has 1 aromatic heterocycles. The molecule has 1 atom stereocenters. The van der Waals surface area contributed by atoms with E-state index in [-0.39, 0.29) is 18.6 Å². The highest BCUT2D eigenvalue weighted by molar-refractivity contribution is 5.95. The van der Waals surface area contributed by atoms with Crippen LogP contribution in [0.4, 0.5) is 5.69 Å². The minimum Gasteiger partial charge on any atom is -0.482 e. The molecule has 21 heavy (non-hydrogen) atoms. The van der Waals surface area contributed by atoms with Crippen molar-refractivity contribution in [2.24, 2.45) is 0 Å². The number of hydrogen-bond acceptors (Lipinski definition) is 3. The number of fused-ring (bicyclic) bond motifs is 1. The monoisotopic (exact) mass is 285 g/mol. The van der Waals surface area contributed by atoms with Crippen molar-refractivity contribution in [1.82, 2.24) is 4.68 Å². The fourth-order valence-corrected chi connectivity index (χ4v) is 2.51. The first-order valence-corrected chi connectivity index (χ1v) is 7.02. The van der Waals surface area contributed by atoms with Crippen molar-refractivity contribution in [3.63, 3.8) is 0 Å². The van der Waals surface area contributed by atoms with Crippen LogP contribution in [0.25, 0.3) is 0 Å². The van der Waals surface area contributed by atoms with E-state index in [4.69, 9.17) is 4.74 Å². The number of hydrogen-bond donors (Lipinski definition) is 2. The number of ether oxygens (including phenoxy) is 1. The molecule has 1 aliphatic heterocycles. The summed E-state index contributed by atoms with van der Waals surface area (Å²) in [5.41, 5.74) is 7.60. The summed E-state index contributed by atoms with van der Waals surface area (Å²) >= 11 is 0. The predicted octanol–water partition coefficient (Wildman–Crippen LogP) is 2.74. The fourth-order valence-electron chi connectivity index (χ4n) is 2.51. The molecule has 2 heterocycles. The Bertz CT molecular complexity index is 671. The predicted molar refractivity (Wildman–Crippen MR) is 82.2 cm³/mol. The highest BCUT2D eigenvalue weighted by Gasteiger charge is 2.17. The first kappa shape index (κ1) is 13.5. The number of carbonyl (C=O) groups excluding carboxylic acids is 1. The summed E-state index contributed by atoms with van der Waals surface area (Å²) in [6.07, 6.45) is 0. The molecule has 1 unspecified atom stereocenters. The SMILES string of the molecule is Cc1ccc(C)n1NC(C)c1ccc2c(c1)NC(=O)CO2. The van der Waals surface area contributed by atoms with Crippen LogP contribution in [0.15, 0.2) is 30.3 Å². The van der Waals surface area contributed by atoms with Gasteiger partial charge in [0, 0.05) is 11.4 Å². The summed E-state index contributed by atoms with van der Waals surface area (Å²) in [4.78, 5) is 11.4. The van der Waals surface area contributed by atoms with Crippen molar-refractivity contribution in [3.05, 3.63) is 47.3 Å². The van der Waals surface area contributed by atoms with Gasteiger partial charge in [0.25, 0.3) is 5.91 Å². The van der Waals surface area contributed by atoms with E-state index in [0.717, 1.165) is 28.4 Å². The Morgan fingerprint density at radius 2 is 1.95 bits per heavy atom. The second-order valence-corrected chi connectivity index (χ2v) is 5.39. The number of nitrogens with one attached hydrogen (secondary N) is 2. The molecule has 5 nitrogen and oxygen atoms in total. The Morgan fingerprint density at radius 3 is 2.67 bits per heavy atom. The molecule has 1 aromatic carbocycles. The van der Waals surface area contributed by atoms with Gasteiger partial charge in [0.05, 0.1) is 11.7 Å². The summed E-state index contributed by atoms with van der Waals surface area (Å²) in [5.74, 6) is 0.608. The van der Waals surface area contributed by atoms with Gasteiger partial charge in [0.2, 0.25) is 0 Å². The lowest BCUT2D eigenvalue weighted by atomic mass is 10.1. The third kappa shape index (κ3) is 2.59. The van der Waals surface area contributed by atoms with Gasteiger partial charge in [-0.2, -0.15) is 0 Å². The number of nitrogens with zero attached hydrogens (tertiary/aromatic N) is 1. The molecule has 5 heteroatoms. The van der Waals surface area contributed by atoms with Gasteiger partial charge in [-0.05, 0) is 50.6 Å². The maximum atomic E-state index is 11.4. The number of anilines is 1. The van der Waals surface area contributed by atoms with Crippen molar-refractivity contribution < 1.29 is 9.53 Å². The Balaban J connectivity index is 1.83. The second-order valence-electron chi connectivity index (χ2n) is 5.39. The lowest BCUT2D eigenvalue weighted by molar-refractivity contribution is -0.118. The molecule has 110 valence electrons. The standard InChI is InChI=1S/C16H19N3O2/c1-10-4-5-11(2)19(10)18-12(3)13-6-7-15-14(8-13)17-16(20)9-21-15/h4-8,12,18H,9H2,1-3H3,(H,17,20). The topological polar surface area (TPSA) is 55.3 Å². The van der Waals surface area contributed by atoms with Crippen molar-refractivity contribution in [2.75, 3.05) is 17.3 Å². The highest BCUT2D eigenvalue weighted by Crippen LogP contribution is 2.30. The average molecular weight is 285 g/mol. The Labute approximate surface area is 123 Å². The van der Waals surface area contributed by atoms with E-state index < -0.39 is 0 Å². The van der Waals surface area contributed by atoms with Crippen molar-refractivity contribution in [3.8, 4) is 5.75 Å². The number of aryl methyl sites for hydroxylation is 2. The van der Waals surface area contributed by atoms with Crippen molar-refractivity contribution >= 4 is 11.6 Å². The first-order valence-electron chi connectivity index (χ1n) is 7.02. The van der Waals surface area contributed by atoms with Gasteiger partial charge in [0.15, 0.2) is 6.61 Å². The molecule has 3 rings (SSSR count). The van der Waals surface area contributed by atoms with Crippen LogP contribution >= 0.6 is 0 Å². The number of amides is 1. The Hall–Kier alpha value is -2.43. The van der Waals surface area contributed by atoms with Gasteiger partial charge in [0.1, 0.15) is 5.75 Å². The zero-order chi connectivity index (χ0) is 15.0. The van der Waals surface area contributed by atoms with Crippen LogP contribution in [0.1, 0.15) is 29.9 Å². The molecular formula is C16H19N3O2. The molecule has 0 bridgehead atoms. The van der Waals surface area contributed by atoms with Gasteiger partial charge >= 0.3 is 0 Å².